The van der Waals surface area contributed by atoms with Crippen LogP contribution in [0.1, 0.15) is 20.7 Å². The normalized spacial score (nSPS) is 10.5. The highest BCUT2D eigenvalue weighted by Gasteiger charge is 2.06. The fourth-order valence-electron chi connectivity index (χ4n) is 1.58. The van der Waals surface area contributed by atoms with Gasteiger partial charge in [-0.1, -0.05) is 12.1 Å². The minimum atomic E-state index is -0.455. The number of hydrogen-bond acceptors (Lipinski definition) is 7. The molecule has 0 saturated carbocycles. The number of carbonyl (C=O) groups is 2. The number of rotatable bonds is 13. The van der Waals surface area contributed by atoms with E-state index < -0.39 is 5.97 Å². The molecule has 0 bridgehead atoms. The van der Waals surface area contributed by atoms with Gasteiger partial charge in [0.05, 0.1) is 51.8 Å². The molecule has 7 nitrogen and oxygen atoms in total. The van der Waals surface area contributed by atoms with Crippen molar-refractivity contribution in [3.05, 3.63) is 35.4 Å². The van der Waals surface area contributed by atoms with Crippen molar-refractivity contribution >= 4 is 12.3 Å². The van der Waals surface area contributed by atoms with Crippen LogP contribution in [0.5, 0.6) is 0 Å². The molecule has 1 aromatic carbocycles. The number of carbonyl (C=O) groups excluding carboxylic acids is 2. The lowest BCUT2D eigenvalue weighted by atomic mass is 10.1. The molecule has 0 unspecified atom stereocenters. The van der Waals surface area contributed by atoms with E-state index >= 15 is 0 Å². The molecule has 0 atom stereocenters. The summed E-state index contributed by atoms with van der Waals surface area (Å²) in [5.41, 5.74) is 0.897. The molecule has 1 rings (SSSR count). The average Bonchev–Trinajstić information content (AvgIpc) is 2.59. The smallest absolute Gasteiger partial charge is 0.338 e. The van der Waals surface area contributed by atoms with E-state index in [1.807, 2.05) is 0 Å². The van der Waals surface area contributed by atoms with Crippen molar-refractivity contribution in [3.63, 3.8) is 0 Å². The second-order valence-corrected chi connectivity index (χ2v) is 4.44. The van der Waals surface area contributed by atoms with Gasteiger partial charge in [-0.3, -0.25) is 4.79 Å². The summed E-state index contributed by atoms with van der Waals surface area (Å²) in [7, 11) is 0. The van der Waals surface area contributed by atoms with E-state index in [2.05, 4.69) is 0 Å². The number of benzene rings is 1. The van der Waals surface area contributed by atoms with Crippen LogP contribution in [-0.2, 0) is 18.9 Å². The van der Waals surface area contributed by atoms with E-state index in [1.165, 1.54) is 0 Å². The van der Waals surface area contributed by atoms with E-state index in [0.717, 1.165) is 0 Å². The fraction of sp³-hybridized carbons (Fsp3) is 0.500. The quantitative estimate of drug-likeness (QED) is 0.324. The molecule has 1 aromatic rings. The maximum atomic E-state index is 11.7. The summed E-state index contributed by atoms with van der Waals surface area (Å²) in [5, 5.41) is 8.49. The molecule has 0 radical (unpaired) electrons. The van der Waals surface area contributed by atoms with Crippen LogP contribution in [0.4, 0.5) is 0 Å². The predicted octanol–water partition coefficient (Wildman–Crippen LogP) is 0.698. The molecule has 128 valence electrons. The number of aldehydes is 1. The minimum absolute atomic E-state index is 0.00304. The van der Waals surface area contributed by atoms with Crippen molar-refractivity contribution in [2.45, 2.75) is 0 Å². The van der Waals surface area contributed by atoms with E-state index in [-0.39, 0.29) is 19.8 Å². The molecule has 0 aliphatic carbocycles. The Morgan fingerprint density at radius 1 is 0.870 bits per heavy atom. The van der Waals surface area contributed by atoms with E-state index in [4.69, 9.17) is 24.1 Å². The van der Waals surface area contributed by atoms with E-state index in [0.29, 0.717) is 50.4 Å². The first kappa shape index (κ1) is 19.2. The third-order valence-electron chi connectivity index (χ3n) is 2.72. The third-order valence-corrected chi connectivity index (χ3v) is 2.72. The van der Waals surface area contributed by atoms with Gasteiger partial charge in [0.2, 0.25) is 0 Å². The zero-order valence-electron chi connectivity index (χ0n) is 12.9. The van der Waals surface area contributed by atoms with Crippen LogP contribution in [0.15, 0.2) is 24.3 Å². The zero-order chi connectivity index (χ0) is 16.8. The zero-order valence-corrected chi connectivity index (χ0v) is 12.9. The first-order valence-corrected chi connectivity index (χ1v) is 7.34. The van der Waals surface area contributed by atoms with Crippen LogP contribution in [0.25, 0.3) is 0 Å². The molecular formula is C16H22O7. The summed E-state index contributed by atoms with van der Waals surface area (Å²) in [4.78, 5) is 22.2. The number of aliphatic hydroxyl groups is 1. The second kappa shape index (κ2) is 12.7. The predicted molar refractivity (Wildman–Crippen MR) is 81.7 cm³/mol. The monoisotopic (exact) mass is 326 g/mol. The molecule has 0 spiro atoms. The summed E-state index contributed by atoms with van der Waals surface area (Å²) < 4.78 is 20.5. The van der Waals surface area contributed by atoms with Crippen molar-refractivity contribution in [1.29, 1.82) is 0 Å². The summed E-state index contributed by atoms with van der Waals surface area (Å²) >= 11 is 0. The summed E-state index contributed by atoms with van der Waals surface area (Å²) in [6.45, 7) is 2.42. The van der Waals surface area contributed by atoms with Crippen LogP contribution < -0.4 is 0 Å². The molecular weight excluding hydrogens is 304 g/mol. The van der Waals surface area contributed by atoms with Crippen molar-refractivity contribution < 1.29 is 33.6 Å². The minimum Gasteiger partial charge on any atom is -0.460 e. The van der Waals surface area contributed by atoms with Crippen LogP contribution in [0.3, 0.4) is 0 Å². The topological polar surface area (TPSA) is 91.3 Å². The molecule has 7 heteroatoms. The lowest BCUT2D eigenvalue weighted by molar-refractivity contribution is -0.00313. The fourth-order valence-corrected chi connectivity index (χ4v) is 1.58. The molecule has 0 aliphatic rings. The van der Waals surface area contributed by atoms with Gasteiger partial charge in [-0.2, -0.15) is 0 Å². The van der Waals surface area contributed by atoms with Crippen LogP contribution in [0.2, 0.25) is 0 Å². The molecule has 1 N–H and O–H groups in total. The van der Waals surface area contributed by atoms with Crippen molar-refractivity contribution in [1.82, 2.24) is 0 Å². The van der Waals surface area contributed by atoms with Crippen LogP contribution >= 0.6 is 0 Å². The average molecular weight is 326 g/mol. The Labute approximate surface area is 135 Å². The third kappa shape index (κ3) is 9.04. The number of hydrogen-bond donors (Lipinski definition) is 1. The maximum Gasteiger partial charge on any atom is 0.338 e. The number of esters is 1. The van der Waals surface area contributed by atoms with Gasteiger partial charge in [0.25, 0.3) is 0 Å². The van der Waals surface area contributed by atoms with Gasteiger partial charge in [-0.05, 0) is 12.1 Å². The van der Waals surface area contributed by atoms with E-state index in [9.17, 15) is 9.59 Å². The highest BCUT2D eigenvalue weighted by atomic mass is 16.6. The van der Waals surface area contributed by atoms with Crippen LogP contribution in [0, 0.1) is 0 Å². The Balaban J connectivity index is 1.97. The second-order valence-electron chi connectivity index (χ2n) is 4.44. The Hall–Kier alpha value is -1.80. The highest BCUT2D eigenvalue weighted by Crippen LogP contribution is 2.04. The molecule has 0 heterocycles. The SMILES string of the molecule is O=Cc1ccc(C(=O)OCCOCCOCCOCCO)cc1. The first-order chi connectivity index (χ1) is 11.3. The highest BCUT2D eigenvalue weighted by molar-refractivity contribution is 5.90. The molecule has 0 saturated heterocycles. The van der Waals surface area contributed by atoms with Gasteiger partial charge >= 0.3 is 5.97 Å². The van der Waals surface area contributed by atoms with E-state index in [1.54, 1.807) is 24.3 Å². The number of ether oxygens (including phenoxy) is 4. The van der Waals surface area contributed by atoms with Gasteiger partial charge in [-0.25, -0.2) is 4.79 Å². The largest absolute Gasteiger partial charge is 0.460 e. The standard InChI is InChI=1S/C16H22O7/c17-5-6-20-7-8-21-9-10-22-11-12-23-16(19)15-3-1-14(13-18)2-4-15/h1-4,13,17H,5-12H2. The Bertz CT molecular complexity index is 444. The molecule has 23 heavy (non-hydrogen) atoms. The summed E-state index contributed by atoms with van der Waals surface area (Å²) in [5.74, 6) is -0.455. The Kier molecular flexibility index (Phi) is 10.6. The van der Waals surface area contributed by atoms with Gasteiger partial charge in [0.1, 0.15) is 12.9 Å². The maximum absolute atomic E-state index is 11.7. The van der Waals surface area contributed by atoms with Gasteiger partial charge in [0.15, 0.2) is 0 Å². The first-order valence-electron chi connectivity index (χ1n) is 7.34. The van der Waals surface area contributed by atoms with Gasteiger partial charge in [0, 0.05) is 5.56 Å². The van der Waals surface area contributed by atoms with Gasteiger partial charge in [-0.15, -0.1) is 0 Å². The summed E-state index contributed by atoms with van der Waals surface area (Å²) in [6.07, 6.45) is 0.712. The molecule has 0 amide bonds. The Morgan fingerprint density at radius 2 is 1.39 bits per heavy atom. The Morgan fingerprint density at radius 3 is 1.91 bits per heavy atom. The lowest BCUT2D eigenvalue weighted by Gasteiger charge is -2.07. The van der Waals surface area contributed by atoms with Crippen molar-refractivity contribution in [3.8, 4) is 0 Å². The van der Waals surface area contributed by atoms with Crippen molar-refractivity contribution in [2.24, 2.45) is 0 Å². The molecule has 0 fully saturated rings. The number of aliphatic hydroxyl groups excluding tert-OH is 1. The van der Waals surface area contributed by atoms with Crippen molar-refractivity contribution in [2.75, 3.05) is 52.9 Å². The molecule has 0 aromatic heterocycles. The van der Waals surface area contributed by atoms with Gasteiger partial charge < -0.3 is 24.1 Å². The lowest BCUT2D eigenvalue weighted by Crippen LogP contribution is -2.14. The molecule has 0 aliphatic heterocycles. The summed E-state index contributed by atoms with van der Waals surface area (Å²) in [6, 6.07) is 6.20. The van der Waals surface area contributed by atoms with Crippen LogP contribution in [-0.4, -0.2) is 70.2 Å².